The van der Waals surface area contributed by atoms with Crippen LogP contribution in [0.25, 0.3) is 0 Å². The van der Waals surface area contributed by atoms with E-state index < -0.39 is 0 Å². The molecule has 158 valence electrons. The molecular formula is C22H28Cl2N2O3. The van der Waals surface area contributed by atoms with Crippen molar-refractivity contribution >= 4 is 35.7 Å². The summed E-state index contributed by atoms with van der Waals surface area (Å²) >= 11 is 5.87. The number of anilines is 1. The van der Waals surface area contributed by atoms with Gasteiger partial charge in [-0.2, -0.15) is 0 Å². The van der Waals surface area contributed by atoms with Gasteiger partial charge in [0.25, 0.3) is 0 Å². The van der Waals surface area contributed by atoms with Crippen molar-refractivity contribution in [2.24, 2.45) is 17.8 Å². The third-order valence-corrected chi connectivity index (χ3v) is 9.01. The summed E-state index contributed by atoms with van der Waals surface area (Å²) in [6.07, 6.45) is 2.44. The third kappa shape index (κ3) is 2.13. The minimum Gasteiger partial charge on any atom is -0.460 e. The molecular weight excluding hydrogens is 411 g/mol. The first-order valence-electron chi connectivity index (χ1n) is 10.6. The summed E-state index contributed by atoms with van der Waals surface area (Å²) in [5.74, 6) is 0.510. The normalized spacial score (nSPS) is 47.6. The Morgan fingerprint density at radius 2 is 2.10 bits per heavy atom. The van der Waals surface area contributed by atoms with Crippen LogP contribution in [0, 0.1) is 17.8 Å². The van der Waals surface area contributed by atoms with E-state index in [1.165, 1.54) is 11.3 Å². The number of para-hydroxylation sites is 1. The Hall–Kier alpha value is -1.01. The first-order valence-corrected chi connectivity index (χ1v) is 11.1. The topological polar surface area (TPSA) is 53.0 Å². The number of likely N-dealkylation sites (N-methyl/N-ethyl adjacent to an activating group) is 1. The molecule has 0 aromatic heterocycles. The summed E-state index contributed by atoms with van der Waals surface area (Å²) in [6, 6.07) is 9.40. The van der Waals surface area contributed by atoms with Crippen LogP contribution in [-0.4, -0.2) is 59.4 Å². The number of aliphatic hydroxyl groups excluding tert-OH is 1. The standard InChI is InChI=1S/C22H27ClN2O3.ClH/c1-3-11-12-8-15-19-22(13-6-4-5-7-14(13)24(19)2)9-16(25(15)21(11)27)18(12)20(22)28-17(26)10-23;/h4-7,11-12,15-16,18-21,27H,3,8-10H2,1-2H3;1H/t11-,12-,15-,16-,18?,19-,20?,21+,22+;/m0./s1. The number of hydrogen-bond acceptors (Lipinski definition) is 5. The molecule has 6 aliphatic rings. The summed E-state index contributed by atoms with van der Waals surface area (Å²) in [6.45, 7) is 2.17. The fourth-order valence-electron chi connectivity index (χ4n) is 8.20. The smallest absolute Gasteiger partial charge is 0.321 e. The van der Waals surface area contributed by atoms with Crippen molar-refractivity contribution in [1.82, 2.24) is 4.90 Å². The SMILES string of the molecule is CC[C@H]1[C@@H]2C[C@H]3[C@@H]4N(C)c5ccccc5[C@]45C[C@@H](C2C5OC(=O)CCl)N3[C@@H]1O.Cl. The van der Waals surface area contributed by atoms with Crippen LogP contribution >= 0.6 is 24.0 Å². The molecule has 5 nitrogen and oxygen atoms in total. The molecule has 0 amide bonds. The quantitative estimate of drug-likeness (QED) is 0.580. The van der Waals surface area contributed by atoms with Crippen LogP contribution in [0.1, 0.15) is 31.7 Å². The van der Waals surface area contributed by atoms with Crippen LogP contribution in [-0.2, 0) is 14.9 Å². The van der Waals surface area contributed by atoms with Gasteiger partial charge in [-0.05, 0) is 36.8 Å². The summed E-state index contributed by atoms with van der Waals surface area (Å²) in [5.41, 5.74) is 2.36. The lowest BCUT2D eigenvalue weighted by Crippen LogP contribution is -2.72. The molecule has 3 unspecified atom stereocenters. The average Bonchev–Trinajstić information content (AvgIpc) is 3.10. The monoisotopic (exact) mass is 438 g/mol. The van der Waals surface area contributed by atoms with E-state index in [0.29, 0.717) is 12.0 Å². The molecule has 5 aliphatic heterocycles. The molecule has 1 aromatic carbocycles. The van der Waals surface area contributed by atoms with Crippen molar-refractivity contribution in [2.45, 2.75) is 62.1 Å². The number of rotatable bonds is 3. The number of aliphatic hydroxyl groups is 1. The maximum Gasteiger partial charge on any atom is 0.321 e. The van der Waals surface area contributed by atoms with Crippen molar-refractivity contribution in [2.75, 3.05) is 17.8 Å². The third-order valence-electron chi connectivity index (χ3n) is 8.79. The highest BCUT2D eigenvalue weighted by Crippen LogP contribution is 2.69. The van der Waals surface area contributed by atoms with Gasteiger partial charge in [0.05, 0.1) is 11.5 Å². The van der Waals surface area contributed by atoms with Crippen LogP contribution in [0.15, 0.2) is 24.3 Å². The maximum atomic E-state index is 12.4. The summed E-state index contributed by atoms with van der Waals surface area (Å²) < 4.78 is 6.19. The van der Waals surface area contributed by atoms with Gasteiger partial charge in [-0.3, -0.25) is 9.69 Å². The molecule has 7 heteroatoms. The molecule has 7 rings (SSSR count). The lowest BCUT2D eigenvalue weighted by atomic mass is 9.62. The number of hydrogen-bond donors (Lipinski definition) is 1. The van der Waals surface area contributed by atoms with Gasteiger partial charge in [0.15, 0.2) is 0 Å². The number of fused-ring (bicyclic) bond motifs is 2. The molecule has 4 saturated heterocycles. The Morgan fingerprint density at radius 3 is 2.83 bits per heavy atom. The van der Waals surface area contributed by atoms with Gasteiger partial charge in [0, 0.05) is 36.7 Å². The zero-order valence-corrected chi connectivity index (χ0v) is 18.3. The summed E-state index contributed by atoms with van der Waals surface area (Å²) in [5, 5.41) is 11.2. The number of esters is 1. The predicted molar refractivity (Wildman–Crippen MR) is 114 cm³/mol. The first-order chi connectivity index (χ1) is 13.5. The lowest BCUT2D eigenvalue weighted by Gasteiger charge is -2.62. The highest BCUT2D eigenvalue weighted by atomic mass is 35.5. The Morgan fingerprint density at radius 1 is 1.34 bits per heavy atom. The van der Waals surface area contributed by atoms with Gasteiger partial charge in [-0.25, -0.2) is 0 Å². The Kier molecular flexibility index (Phi) is 4.46. The predicted octanol–water partition coefficient (Wildman–Crippen LogP) is 2.77. The second-order valence-corrected chi connectivity index (χ2v) is 9.67. The van der Waals surface area contributed by atoms with Gasteiger partial charge in [0.2, 0.25) is 0 Å². The van der Waals surface area contributed by atoms with Crippen molar-refractivity contribution in [3.8, 4) is 0 Å². The summed E-state index contributed by atoms with van der Waals surface area (Å²) in [4.78, 5) is 17.2. The Bertz CT molecular complexity index is 853. The van der Waals surface area contributed by atoms with E-state index in [1.807, 2.05) is 0 Å². The molecule has 5 fully saturated rings. The molecule has 29 heavy (non-hydrogen) atoms. The number of nitrogens with zero attached hydrogens (tertiary/aromatic N) is 2. The van der Waals surface area contributed by atoms with E-state index in [9.17, 15) is 9.90 Å². The number of alkyl halides is 1. The summed E-state index contributed by atoms with van der Waals surface area (Å²) in [7, 11) is 2.17. The van der Waals surface area contributed by atoms with Gasteiger partial charge in [0.1, 0.15) is 18.2 Å². The van der Waals surface area contributed by atoms with Crippen molar-refractivity contribution < 1.29 is 14.6 Å². The van der Waals surface area contributed by atoms with E-state index in [2.05, 4.69) is 48.0 Å². The van der Waals surface area contributed by atoms with Crippen LogP contribution < -0.4 is 4.90 Å². The average molecular weight is 439 g/mol. The van der Waals surface area contributed by atoms with Gasteiger partial charge < -0.3 is 14.7 Å². The van der Waals surface area contributed by atoms with E-state index in [0.717, 1.165) is 19.3 Å². The lowest BCUT2D eigenvalue weighted by molar-refractivity contribution is -0.212. The zero-order valence-electron chi connectivity index (χ0n) is 16.7. The molecule has 5 bridgehead atoms. The second kappa shape index (κ2) is 6.49. The number of piperidine rings is 4. The van der Waals surface area contributed by atoms with E-state index in [-0.39, 0.29) is 65.9 Å². The zero-order chi connectivity index (χ0) is 19.4. The number of carbonyl (C=O) groups is 1. The minimum absolute atomic E-state index is 0. The molecule has 10 atom stereocenters. The molecule has 0 radical (unpaired) electrons. The molecule has 5 heterocycles. The fourth-order valence-corrected chi connectivity index (χ4v) is 8.26. The van der Waals surface area contributed by atoms with Crippen LogP contribution in [0.2, 0.25) is 0 Å². The highest BCUT2D eigenvalue weighted by molar-refractivity contribution is 6.26. The van der Waals surface area contributed by atoms with E-state index >= 15 is 0 Å². The van der Waals surface area contributed by atoms with Crippen LogP contribution in [0.5, 0.6) is 0 Å². The minimum atomic E-state index is -0.382. The highest BCUT2D eigenvalue weighted by Gasteiger charge is 2.77. The second-order valence-electron chi connectivity index (χ2n) is 9.41. The van der Waals surface area contributed by atoms with Gasteiger partial charge in [-0.15, -0.1) is 24.0 Å². The van der Waals surface area contributed by atoms with Crippen LogP contribution in [0.3, 0.4) is 0 Å². The molecule has 1 spiro atoms. The maximum absolute atomic E-state index is 12.4. The van der Waals surface area contributed by atoms with Crippen molar-refractivity contribution in [1.29, 1.82) is 0 Å². The molecule has 1 N–H and O–H groups in total. The van der Waals surface area contributed by atoms with Crippen molar-refractivity contribution in [3.05, 3.63) is 29.8 Å². The fraction of sp³-hybridized carbons (Fsp3) is 0.682. The van der Waals surface area contributed by atoms with Gasteiger partial charge in [-0.1, -0.05) is 25.1 Å². The molecule has 1 saturated carbocycles. The van der Waals surface area contributed by atoms with Crippen molar-refractivity contribution in [3.63, 3.8) is 0 Å². The first kappa shape index (κ1) is 19.9. The Balaban J connectivity index is 0.00000181. The van der Waals surface area contributed by atoms with E-state index in [1.54, 1.807) is 0 Å². The van der Waals surface area contributed by atoms with Crippen LogP contribution in [0.4, 0.5) is 5.69 Å². The molecule has 1 aromatic rings. The number of halogens is 2. The molecule has 1 aliphatic carbocycles. The largest absolute Gasteiger partial charge is 0.460 e. The number of ether oxygens (including phenoxy) is 1. The number of benzene rings is 1. The number of carbonyl (C=O) groups excluding carboxylic acids is 1. The van der Waals surface area contributed by atoms with Gasteiger partial charge >= 0.3 is 5.97 Å². The Labute approximate surface area is 182 Å². The van der Waals surface area contributed by atoms with E-state index in [4.69, 9.17) is 16.3 Å².